The van der Waals surface area contributed by atoms with Crippen LogP contribution in [0.3, 0.4) is 0 Å². The fraction of sp³-hybridized carbons (Fsp3) is 0.333. The molecule has 0 spiro atoms. The van der Waals surface area contributed by atoms with E-state index in [2.05, 4.69) is 65.7 Å². The van der Waals surface area contributed by atoms with Crippen molar-refractivity contribution < 1.29 is 14.2 Å². The smallest absolute Gasteiger partial charge is 0.180 e. The summed E-state index contributed by atoms with van der Waals surface area (Å²) in [6.45, 7) is 9.08. The first-order valence-corrected chi connectivity index (χ1v) is 11.8. The number of rotatable bonds is 9. The number of halogens is 1. The van der Waals surface area contributed by atoms with Crippen LogP contribution in [0.5, 0.6) is 11.5 Å². The summed E-state index contributed by atoms with van der Waals surface area (Å²) in [7, 11) is 0. The maximum absolute atomic E-state index is 6.60. The molecule has 1 N–H and O–H groups in total. The van der Waals surface area contributed by atoms with E-state index in [1.165, 1.54) is 11.3 Å². The zero-order chi connectivity index (χ0) is 23.0. The minimum absolute atomic E-state index is 0.438. The summed E-state index contributed by atoms with van der Waals surface area (Å²) in [6.07, 6.45) is 0. The predicted molar refractivity (Wildman–Crippen MR) is 135 cm³/mol. The molecule has 1 heterocycles. The number of aryl methyl sites for hydroxylation is 1. The Hall–Kier alpha value is -2.89. The van der Waals surface area contributed by atoms with Gasteiger partial charge in [-0.2, -0.15) is 0 Å². The van der Waals surface area contributed by atoms with Crippen LogP contribution in [0.15, 0.2) is 60.7 Å². The van der Waals surface area contributed by atoms with Gasteiger partial charge in [0, 0.05) is 31.0 Å². The monoisotopic (exact) mass is 466 g/mol. The van der Waals surface area contributed by atoms with E-state index in [9.17, 15) is 0 Å². The molecular weight excluding hydrogens is 436 g/mol. The minimum atomic E-state index is 0.438. The second kappa shape index (κ2) is 11.3. The molecule has 3 aromatic carbocycles. The van der Waals surface area contributed by atoms with Crippen LogP contribution in [0.4, 0.5) is 11.4 Å². The lowest BCUT2D eigenvalue weighted by Gasteiger charge is -2.29. The van der Waals surface area contributed by atoms with Crippen LogP contribution in [-0.4, -0.2) is 32.9 Å². The van der Waals surface area contributed by atoms with Crippen molar-refractivity contribution in [1.82, 2.24) is 0 Å². The highest BCUT2D eigenvalue weighted by atomic mass is 35.5. The van der Waals surface area contributed by atoms with E-state index in [-0.39, 0.29) is 0 Å². The van der Waals surface area contributed by atoms with E-state index in [1.54, 1.807) is 0 Å². The summed E-state index contributed by atoms with van der Waals surface area (Å²) in [6, 6.07) is 20.7. The van der Waals surface area contributed by atoms with Gasteiger partial charge in [-0.25, -0.2) is 0 Å². The van der Waals surface area contributed by atoms with Crippen molar-refractivity contribution in [1.29, 1.82) is 0 Å². The first kappa shape index (κ1) is 23.3. The first-order valence-electron chi connectivity index (χ1n) is 11.4. The Labute approximate surface area is 201 Å². The first-order chi connectivity index (χ1) is 16.1. The standard InChI is InChI=1S/C27H31ClN2O3/c1-3-32-26-17-22(16-25(28)27(26)33-19-21-6-4-20(2)5-7-21)18-29-23-8-10-24(11-9-23)30-12-14-31-15-13-30/h4-11,16-17,29H,3,12-15,18-19H2,1-2H3. The lowest BCUT2D eigenvalue weighted by molar-refractivity contribution is 0.122. The number of anilines is 2. The molecule has 1 saturated heterocycles. The molecule has 0 radical (unpaired) electrons. The highest BCUT2D eigenvalue weighted by Crippen LogP contribution is 2.37. The molecule has 0 unspecified atom stereocenters. The highest BCUT2D eigenvalue weighted by Gasteiger charge is 2.14. The molecule has 5 nitrogen and oxygen atoms in total. The maximum Gasteiger partial charge on any atom is 0.180 e. The van der Waals surface area contributed by atoms with Gasteiger partial charge in [0.1, 0.15) is 6.61 Å². The zero-order valence-electron chi connectivity index (χ0n) is 19.3. The molecule has 0 aliphatic carbocycles. The Kier molecular flexibility index (Phi) is 7.97. The van der Waals surface area contributed by atoms with Gasteiger partial charge >= 0.3 is 0 Å². The van der Waals surface area contributed by atoms with Crippen molar-refractivity contribution in [2.45, 2.75) is 27.0 Å². The molecule has 0 amide bonds. The molecule has 0 aromatic heterocycles. The van der Waals surface area contributed by atoms with E-state index >= 15 is 0 Å². The van der Waals surface area contributed by atoms with Gasteiger partial charge in [0.05, 0.1) is 24.8 Å². The van der Waals surface area contributed by atoms with Crippen LogP contribution in [0, 0.1) is 6.92 Å². The Morgan fingerprint density at radius 2 is 1.67 bits per heavy atom. The number of benzene rings is 3. The van der Waals surface area contributed by atoms with Crippen molar-refractivity contribution in [2.75, 3.05) is 43.1 Å². The van der Waals surface area contributed by atoms with E-state index in [4.69, 9.17) is 25.8 Å². The SMILES string of the molecule is CCOc1cc(CNc2ccc(N3CCOCC3)cc2)cc(Cl)c1OCc1ccc(C)cc1. The molecule has 1 aliphatic rings. The Balaban J connectivity index is 1.40. The average molecular weight is 467 g/mol. The van der Waals surface area contributed by atoms with Crippen molar-refractivity contribution in [3.05, 3.63) is 82.4 Å². The Morgan fingerprint density at radius 3 is 2.36 bits per heavy atom. The van der Waals surface area contributed by atoms with Gasteiger partial charge in [0.25, 0.3) is 0 Å². The minimum Gasteiger partial charge on any atom is -0.490 e. The number of nitrogens with zero attached hydrogens (tertiary/aromatic N) is 1. The topological polar surface area (TPSA) is 43.0 Å². The molecule has 3 aromatic rings. The molecule has 33 heavy (non-hydrogen) atoms. The second-order valence-corrected chi connectivity index (χ2v) is 8.52. The average Bonchev–Trinajstić information content (AvgIpc) is 2.84. The van der Waals surface area contributed by atoms with Gasteiger partial charge in [-0.05, 0) is 61.4 Å². The lowest BCUT2D eigenvalue weighted by atomic mass is 10.1. The van der Waals surface area contributed by atoms with Crippen LogP contribution in [-0.2, 0) is 17.9 Å². The Morgan fingerprint density at radius 1 is 0.939 bits per heavy atom. The highest BCUT2D eigenvalue weighted by molar-refractivity contribution is 6.32. The lowest BCUT2D eigenvalue weighted by Crippen LogP contribution is -2.36. The van der Waals surface area contributed by atoms with E-state index < -0.39 is 0 Å². The third-order valence-corrected chi connectivity index (χ3v) is 5.89. The van der Waals surface area contributed by atoms with Gasteiger partial charge in [0.15, 0.2) is 11.5 Å². The third kappa shape index (κ3) is 6.34. The van der Waals surface area contributed by atoms with Gasteiger partial charge in [-0.15, -0.1) is 0 Å². The van der Waals surface area contributed by atoms with Crippen LogP contribution in [0.2, 0.25) is 5.02 Å². The second-order valence-electron chi connectivity index (χ2n) is 8.11. The molecular formula is C27H31ClN2O3. The van der Waals surface area contributed by atoms with E-state index in [1.807, 2.05) is 19.1 Å². The molecule has 0 saturated carbocycles. The van der Waals surface area contributed by atoms with Crippen molar-refractivity contribution >= 4 is 23.0 Å². The number of morpholine rings is 1. The van der Waals surface area contributed by atoms with Gasteiger partial charge in [-0.1, -0.05) is 41.4 Å². The molecule has 6 heteroatoms. The molecule has 0 bridgehead atoms. The summed E-state index contributed by atoms with van der Waals surface area (Å²) in [5, 5.41) is 4.02. The molecule has 1 aliphatic heterocycles. The van der Waals surface area contributed by atoms with Crippen molar-refractivity contribution in [3.63, 3.8) is 0 Å². The molecule has 0 atom stereocenters. The summed E-state index contributed by atoms with van der Waals surface area (Å²) in [5.41, 5.74) is 5.62. The van der Waals surface area contributed by atoms with E-state index in [0.29, 0.717) is 36.3 Å². The van der Waals surface area contributed by atoms with Crippen LogP contribution in [0.25, 0.3) is 0 Å². The Bertz CT molecular complexity index is 1030. The molecule has 174 valence electrons. The fourth-order valence-electron chi connectivity index (χ4n) is 3.78. The number of ether oxygens (including phenoxy) is 3. The number of hydrogen-bond donors (Lipinski definition) is 1. The van der Waals surface area contributed by atoms with Gasteiger partial charge in [-0.3, -0.25) is 0 Å². The third-order valence-electron chi connectivity index (χ3n) is 5.61. The van der Waals surface area contributed by atoms with E-state index in [0.717, 1.165) is 43.1 Å². The zero-order valence-corrected chi connectivity index (χ0v) is 20.0. The number of nitrogens with one attached hydrogen (secondary N) is 1. The van der Waals surface area contributed by atoms with Crippen LogP contribution in [0.1, 0.15) is 23.6 Å². The summed E-state index contributed by atoms with van der Waals surface area (Å²) in [4.78, 5) is 2.34. The summed E-state index contributed by atoms with van der Waals surface area (Å²) < 4.78 is 17.3. The normalized spacial score (nSPS) is 13.6. The molecule has 1 fully saturated rings. The fourth-order valence-corrected chi connectivity index (χ4v) is 4.07. The van der Waals surface area contributed by atoms with Gasteiger partial charge < -0.3 is 24.4 Å². The molecule has 4 rings (SSSR count). The number of hydrogen-bond acceptors (Lipinski definition) is 5. The van der Waals surface area contributed by atoms with Crippen molar-refractivity contribution in [3.8, 4) is 11.5 Å². The summed E-state index contributed by atoms with van der Waals surface area (Å²) >= 11 is 6.60. The van der Waals surface area contributed by atoms with Crippen LogP contribution >= 0.6 is 11.6 Å². The summed E-state index contributed by atoms with van der Waals surface area (Å²) in [5.74, 6) is 1.24. The predicted octanol–water partition coefficient (Wildman–Crippen LogP) is 6.07. The van der Waals surface area contributed by atoms with Gasteiger partial charge in [0.2, 0.25) is 0 Å². The van der Waals surface area contributed by atoms with Crippen molar-refractivity contribution in [2.24, 2.45) is 0 Å². The van der Waals surface area contributed by atoms with Crippen LogP contribution < -0.4 is 19.7 Å². The largest absolute Gasteiger partial charge is 0.490 e. The quantitative estimate of drug-likeness (QED) is 0.414. The maximum atomic E-state index is 6.60.